The highest BCUT2D eigenvalue weighted by molar-refractivity contribution is 7.99. The topological polar surface area (TPSA) is 24.5 Å². The van der Waals surface area contributed by atoms with Crippen LogP contribution >= 0.6 is 11.8 Å². The van der Waals surface area contributed by atoms with E-state index in [1.165, 1.54) is 30.9 Å². The summed E-state index contributed by atoms with van der Waals surface area (Å²) in [6.45, 7) is 4.13. The molecule has 2 rings (SSSR count). The van der Waals surface area contributed by atoms with Crippen LogP contribution in [-0.4, -0.2) is 62.8 Å². The smallest absolute Gasteiger partial charge is 0.0547 e. The van der Waals surface area contributed by atoms with Crippen molar-refractivity contribution >= 4 is 11.8 Å². The van der Waals surface area contributed by atoms with Crippen molar-refractivity contribution in [3.05, 3.63) is 0 Å². The number of hydrogen-bond donors (Lipinski definition) is 1. The molecule has 2 aliphatic heterocycles. The minimum atomic E-state index is 0.358. The van der Waals surface area contributed by atoms with Crippen molar-refractivity contribution in [1.82, 2.24) is 10.2 Å². The fraction of sp³-hybridized carbons (Fsp3) is 1.00. The van der Waals surface area contributed by atoms with Gasteiger partial charge in [-0.25, -0.2) is 0 Å². The zero-order valence-electron chi connectivity index (χ0n) is 10.5. The molecule has 0 bridgehead atoms. The van der Waals surface area contributed by atoms with Crippen LogP contribution in [-0.2, 0) is 4.74 Å². The molecular formula is C12H24N2OS. The monoisotopic (exact) mass is 244 g/mol. The predicted octanol–water partition coefficient (Wildman–Crippen LogP) is 1.05. The molecule has 2 atom stereocenters. The van der Waals surface area contributed by atoms with Gasteiger partial charge in [0.2, 0.25) is 0 Å². The maximum Gasteiger partial charge on any atom is 0.0547 e. The molecule has 0 aromatic carbocycles. The molecule has 3 nitrogen and oxygen atoms in total. The van der Waals surface area contributed by atoms with Crippen molar-refractivity contribution < 1.29 is 4.74 Å². The van der Waals surface area contributed by atoms with Crippen LogP contribution in [0.4, 0.5) is 0 Å². The highest BCUT2D eigenvalue weighted by Crippen LogP contribution is 2.31. The Kier molecular flexibility index (Phi) is 4.53. The lowest BCUT2D eigenvalue weighted by Crippen LogP contribution is -2.46. The Morgan fingerprint density at radius 2 is 2.44 bits per heavy atom. The number of thioether (sulfide) groups is 1. The summed E-state index contributed by atoms with van der Waals surface area (Å²) in [6.07, 6.45) is 2.57. The second kappa shape index (κ2) is 5.71. The standard InChI is InChI=1S/C12H24N2OS/c1-13-8-12(4-5-15-10-12)9-14(2)11-3-6-16-7-11/h11,13H,3-10H2,1-2H3. The molecule has 0 radical (unpaired) electrons. The first-order valence-corrected chi connectivity index (χ1v) is 7.42. The second-order valence-corrected chi connectivity index (χ2v) is 6.42. The third-order valence-electron chi connectivity index (χ3n) is 3.85. The number of nitrogens with zero attached hydrogens (tertiary/aromatic N) is 1. The van der Waals surface area contributed by atoms with Crippen LogP contribution in [0.25, 0.3) is 0 Å². The normalized spacial score (nSPS) is 35.1. The summed E-state index contributed by atoms with van der Waals surface area (Å²) in [5.74, 6) is 2.65. The molecule has 0 amide bonds. The van der Waals surface area contributed by atoms with Gasteiger partial charge in [-0.1, -0.05) is 0 Å². The molecular weight excluding hydrogens is 220 g/mol. The highest BCUT2D eigenvalue weighted by atomic mass is 32.2. The molecule has 16 heavy (non-hydrogen) atoms. The van der Waals surface area contributed by atoms with Crippen molar-refractivity contribution in [3.63, 3.8) is 0 Å². The van der Waals surface area contributed by atoms with Gasteiger partial charge in [-0.3, -0.25) is 0 Å². The van der Waals surface area contributed by atoms with Gasteiger partial charge in [-0.2, -0.15) is 11.8 Å². The van der Waals surface area contributed by atoms with Gasteiger partial charge in [0.1, 0.15) is 0 Å². The summed E-state index contributed by atoms with van der Waals surface area (Å²) in [5, 5.41) is 3.33. The number of nitrogens with one attached hydrogen (secondary N) is 1. The molecule has 4 heteroatoms. The van der Waals surface area contributed by atoms with Crippen LogP contribution in [0.2, 0.25) is 0 Å². The van der Waals surface area contributed by atoms with Gasteiger partial charge < -0.3 is 15.0 Å². The molecule has 2 saturated heterocycles. The van der Waals surface area contributed by atoms with E-state index in [1.54, 1.807) is 0 Å². The molecule has 2 heterocycles. The minimum absolute atomic E-state index is 0.358. The Morgan fingerprint density at radius 3 is 3.00 bits per heavy atom. The summed E-state index contributed by atoms with van der Waals surface area (Å²) in [6, 6.07) is 0.791. The van der Waals surface area contributed by atoms with Gasteiger partial charge in [0.05, 0.1) is 6.61 Å². The van der Waals surface area contributed by atoms with Crippen molar-refractivity contribution in [3.8, 4) is 0 Å². The lowest BCUT2D eigenvalue weighted by atomic mass is 9.86. The SMILES string of the molecule is CNCC1(CN(C)C2CCSC2)CCOC1. The van der Waals surface area contributed by atoms with E-state index in [-0.39, 0.29) is 0 Å². The van der Waals surface area contributed by atoms with E-state index in [1.807, 2.05) is 7.05 Å². The predicted molar refractivity (Wildman–Crippen MR) is 70.2 cm³/mol. The Hall–Kier alpha value is 0.230. The summed E-state index contributed by atoms with van der Waals surface area (Å²) < 4.78 is 5.60. The van der Waals surface area contributed by atoms with E-state index in [2.05, 4.69) is 29.0 Å². The second-order valence-electron chi connectivity index (χ2n) is 5.27. The molecule has 94 valence electrons. The van der Waals surface area contributed by atoms with E-state index in [0.717, 1.165) is 25.8 Å². The number of hydrogen-bond acceptors (Lipinski definition) is 4. The Labute approximate surface area is 103 Å². The van der Waals surface area contributed by atoms with Crippen LogP contribution < -0.4 is 5.32 Å². The van der Waals surface area contributed by atoms with Crippen LogP contribution in [0.15, 0.2) is 0 Å². The minimum Gasteiger partial charge on any atom is -0.381 e. The molecule has 1 N–H and O–H groups in total. The summed E-state index contributed by atoms with van der Waals surface area (Å²) in [5.41, 5.74) is 0.358. The Balaban J connectivity index is 1.89. The van der Waals surface area contributed by atoms with E-state index in [0.29, 0.717) is 5.41 Å². The fourth-order valence-corrected chi connectivity index (χ4v) is 4.17. The van der Waals surface area contributed by atoms with Crippen molar-refractivity contribution in [1.29, 1.82) is 0 Å². The molecule has 0 aromatic rings. The fourth-order valence-electron chi connectivity index (χ4n) is 2.87. The van der Waals surface area contributed by atoms with E-state index in [4.69, 9.17) is 4.74 Å². The first-order chi connectivity index (χ1) is 7.76. The van der Waals surface area contributed by atoms with Crippen LogP contribution in [0, 0.1) is 5.41 Å². The van der Waals surface area contributed by atoms with Crippen LogP contribution in [0.1, 0.15) is 12.8 Å². The maximum atomic E-state index is 5.60. The summed E-state index contributed by atoms with van der Waals surface area (Å²) >= 11 is 2.09. The number of rotatable bonds is 5. The molecule has 0 aliphatic carbocycles. The molecule has 2 unspecified atom stereocenters. The summed E-state index contributed by atoms with van der Waals surface area (Å²) in [4.78, 5) is 2.56. The van der Waals surface area contributed by atoms with Gasteiger partial charge in [0.25, 0.3) is 0 Å². The van der Waals surface area contributed by atoms with Crippen LogP contribution in [0.3, 0.4) is 0 Å². The van der Waals surface area contributed by atoms with Gasteiger partial charge in [-0.15, -0.1) is 0 Å². The molecule has 0 saturated carbocycles. The lowest BCUT2D eigenvalue weighted by molar-refractivity contribution is 0.107. The molecule has 0 spiro atoms. The molecule has 2 aliphatic rings. The van der Waals surface area contributed by atoms with E-state index < -0.39 is 0 Å². The first kappa shape index (κ1) is 12.7. The number of ether oxygens (including phenoxy) is 1. The van der Waals surface area contributed by atoms with Crippen LogP contribution in [0.5, 0.6) is 0 Å². The van der Waals surface area contributed by atoms with Gasteiger partial charge in [0, 0.05) is 36.9 Å². The maximum absolute atomic E-state index is 5.60. The van der Waals surface area contributed by atoms with Crippen molar-refractivity contribution in [2.45, 2.75) is 18.9 Å². The largest absolute Gasteiger partial charge is 0.381 e. The zero-order chi connectivity index (χ0) is 11.4. The third-order valence-corrected chi connectivity index (χ3v) is 5.00. The van der Waals surface area contributed by atoms with Gasteiger partial charge in [-0.05, 0) is 32.7 Å². The van der Waals surface area contributed by atoms with Gasteiger partial charge >= 0.3 is 0 Å². The highest BCUT2D eigenvalue weighted by Gasteiger charge is 2.37. The first-order valence-electron chi connectivity index (χ1n) is 6.26. The van der Waals surface area contributed by atoms with Gasteiger partial charge in [0.15, 0.2) is 0 Å². The Bertz CT molecular complexity index is 213. The molecule has 0 aromatic heterocycles. The zero-order valence-corrected chi connectivity index (χ0v) is 11.3. The van der Waals surface area contributed by atoms with E-state index >= 15 is 0 Å². The lowest BCUT2D eigenvalue weighted by Gasteiger charge is -2.35. The van der Waals surface area contributed by atoms with E-state index in [9.17, 15) is 0 Å². The Morgan fingerprint density at radius 1 is 1.56 bits per heavy atom. The third kappa shape index (κ3) is 2.92. The molecule has 2 fully saturated rings. The quantitative estimate of drug-likeness (QED) is 0.781. The average Bonchev–Trinajstić information content (AvgIpc) is 2.88. The van der Waals surface area contributed by atoms with Crippen molar-refractivity contribution in [2.75, 3.05) is 51.9 Å². The van der Waals surface area contributed by atoms with Crippen molar-refractivity contribution in [2.24, 2.45) is 5.41 Å². The summed E-state index contributed by atoms with van der Waals surface area (Å²) in [7, 11) is 4.33. The average molecular weight is 244 g/mol.